The van der Waals surface area contributed by atoms with Gasteiger partial charge < -0.3 is 10.1 Å². The summed E-state index contributed by atoms with van der Waals surface area (Å²) in [6.45, 7) is 7.86. The molecule has 0 radical (unpaired) electrons. The number of hydrogen-bond donors (Lipinski definition) is 1. The lowest BCUT2D eigenvalue weighted by molar-refractivity contribution is -0.122. The molecule has 0 aromatic heterocycles. The number of nitrogens with one attached hydrogen (secondary N) is 1. The molecule has 0 bridgehead atoms. The van der Waals surface area contributed by atoms with E-state index < -0.39 is 6.10 Å². The van der Waals surface area contributed by atoms with Crippen molar-refractivity contribution in [3.8, 4) is 5.75 Å². The minimum atomic E-state index is -0.536. The molecule has 2 rings (SSSR count). The molecule has 0 fully saturated rings. The van der Waals surface area contributed by atoms with E-state index in [4.69, 9.17) is 16.3 Å². The highest BCUT2D eigenvalue weighted by Crippen LogP contribution is 2.23. The molecule has 0 aliphatic heterocycles. The summed E-state index contributed by atoms with van der Waals surface area (Å²) in [4.78, 5) is 12.5. The SMILES string of the molecule is CCC(Oc1ccc(C)cc1C)C(=O)Nc1ccc(Cl)cc1C. The van der Waals surface area contributed by atoms with Gasteiger partial charge in [-0.15, -0.1) is 0 Å². The maximum absolute atomic E-state index is 12.5. The molecular weight excluding hydrogens is 310 g/mol. The van der Waals surface area contributed by atoms with Crippen molar-refractivity contribution in [3.63, 3.8) is 0 Å². The Morgan fingerprint density at radius 3 is 2.48 bits per heavy atom. The number of benzene rings is 2. The predicted octanol–water partition coefficient (Wildman–Crippen LogP) is 5.06. The molecule has 0 spiro atoms. The second-order valence-corrected chi connectivity index (χ2v) is 6.17. The first kappa shape index (κ1) is 17.4. The van der Waals surface area contributed by atoms with E-state index in [0.29, 0.717) is 11.4 Å². The molecule has 1 unspecified atom stereocenters. The number of anilines is 1. The van der Waals surface area contributed by atoms with Crippen molar-refractivity contribution in [1.29, 1.82) is 0 Å². The van der Waals surface area contributed by atoms with E-state index in [9.17, 15) is 4.79 Å². The van der Waals surface area contributed by atoms with Crippen LogP contribution in [0.25, 0.3) is 0 Å². The van der Waals surface area contributed by atoms with Crippen LogP contribution in [0, 0.1) is 20.8 Å². The van der Waals surface area contributed by atoms with Crippen molar-refractivity contribution in [2.24, 2.45) is 0 Å². The molecular formula is C19H22ClNO2. The van der Waals surface area contributed by atoms with Crippen molar-refractivity contribution >= 4 is 23.2 Å². The standard InChI is InChI=1S/C19H22ClNO2/c1-5-17(23-18-9-6-12(2)10-14(18)4)19(22)21-16-8-7-15(20)11-13(16)3/h6-11,17H,5H2,1-4H3,(H,21,22). The summed E-state index contributed by atoms with van der Waals surface area (Å²) in [5.74, 6) is 0.586. The quantitative estimate of drug-likeness (QED) is 0.831. The summed E-state index contributed by atoms with van der Waals surface area (Å²) < 4.78 is 5.91. The Hall–Kier alpha value is -2.00. The highest BCUT2D eigenvalue weighted by molar-refractivity contribution is 6.30. The van der Waals surface area contributed by atoms with Gasteiger partial charge in [0.1, 0.15) is 5.75 Å². The minimum absolute atomic E-state index is 0.155. The molecule has 0 saturated carbocycles. The van der Waals surface area contributed by atoms with Crippen LogP contribution in [-0.4, -0.2) is 12.0 Å². The van der Waals surface area contributed by atoms with Gasteiger partial charge in [-0.1, -0.05) is 36.2 Å². The van der Waals surface area contributed by atoms with Crippen LogP contribution in [0.1, 0.15) is 30.0 Å². The Morgan fingerprint density at radius 2 is 1.87 bits per heavy atom. The first-order valence-electron chi connectivity index (χ1n) is 7.71. The van der Waals surface area contributed by atoms with E-state index in [2.05, 4.69) is 5.32 Å². The fourth-order valence-electron chi connectivity index (χ4n) is 2.39. The number of carbonyl (C=O) groups excluding carboxylic acids is 1. The average Bonchev–Trinajstić information content (AvgIpc) is 2.49. The van der Waals surface area contributed by atoms with E-state index in [1.807, 2.05) is 52.0 Å². The summed E-state index contributed by atoms with van der Waals surface area (Å²) in [6, 6.07) is 11.3. The topological polar surface area (TPSA) is 38.3 Å². The Balaban J connectivity index is 2.12. The van der Waals surface area contributed by atoms with Gasteiger partial charge in [0.25, 0.3) is 5.91 Å². The van der Waals surface area contributed by atoms with Crippen LogP contribution in [0.3, 0.4) is 0 Å². The van der Waals surface area contributed by atoms with Gasteiger partial charge >= 0.3 is 0 Å². The van der Waals surface area contributed by atoms with E-state index in [0.717, 1.165) is 22.6 Å². The van der Waals surface area contributed by atoms with Crippen LogP contribution in [0.15, 0.2) is 36.4 Å². The molecule has 23 heavy (non-hydrogen) atoms. The third-order valence-corrected chi connectivity index (χ3v) is 3.94. The summed E-state index contributed by atoms with van der Waals surface area (Å²) in [7, 11) is 0. The number of ether oxygens (including phenoxy) is 1. The molecule has 0 aliphatic carbocycles. The Kier molecular flexibility index (Phi) is 5.67. The van der Waals surface area contributed by atoms with Gasteiger partial charge in [0.15, 0.2) is 6.10 Å². The Morgan fingerprint density at radius 1 is 1.13 bits per heavy atom. The lowest BCUT2D eigenvalue weighted by Gasteiger charge is -2.19. The van der Waals surface area contributed by atoms with Gasteiger partial charge in [0, 0.05) is 10.7 Å². The monoisotopic (exact) mass is 331 g/mol. The fraction of sp³-hybridized carbons (Fsp3) is 0.316. The van der Waals surface area contributed by atoms with Crippen molar-refractivity contribution < 1.29 is 9.53 Å². The predicted molar refractivity (Wildman–Crippen MR) is 95.4 cm³/mol. The van der Waals surface area contributed by atoms with Crippen LogP contribution in [0.5, 0.6) is 5.75 Å². The third kappa shape index (κ3) is 4.49. The molecule has 1 N–H and O–H groups in total. The third-order valence-electron chi connectivity index (χ3n) is 3.71. The number of halogens is 1. The van der Waals surface area contributed by atoms with Gasteiger partial charge in [0.05, 0.1) is 0 Å². The highest BCUT2D eigenvalue weighted by Gasteiger charge is 2.20. The molecule has 122 valence electrons. The van der Waals surface area contributed by atoms with Gasteiger partial charge in [-0.05, 0) is 62.6 Å². The second kappa shape index (κ2) is 7.51. The first-order chi connectivity index (χ1) is 10.9. The maximum atomic E-state index is 12.5. The molecule has 0 heterocycles. The van der Waals surface area contributed by atoms with E-state index >= 15 is 0 Å². The van der Waals surface area contributed by atoms with Crippen LogP contribution in [0.4, 0.5) is 5.69 Å². The smallest absolute Gasteiger partial charge is 0.265 e. The summed E-state index contributed by atoms with van der Waals surface area (Å²) >= 11 is 5.94. The van der Waals surface area contributed by atoms with Crippen molar-refractivity contribution in [1.82, 2.24) is 0 Å². The summed E-state index contributed by atoms with van der Waals surface area (Å²) in [6.07, 6.45) is 0.0534. The number of rotatable bonds is 5. The lowest BCUT2D eigenvalue weighted by atomic mass is 10.1. The van der Waals surface area contributed by atoms with Gasteiger partial charge in [-0.3, -0.25) is 4.79 Å². The second-order valence-electron chi connectivity index (χ2n) is 5.73. The summed E-state index contributed by atoms with van der Waals surface area (Å²) in [5, 5.41) is 3.57. The van der Waals surface area contributed by atoms with Crippen molar-refractivity contribution in [3.05, 3.63) is 58.1 Å². The molecule has 0 aliphatic rings. The first-order valence-corrected chi connectivity index (χ1v) is 8.09. The van der Waals surface area contributed by atoms with Gasteiger partial charge in [-0.25, -0.2) is 0 Å². The number of hydrogen-bond acceptors (Lipinski definition) is 2. The number of amides is 1. The number of aryl methyl sites for hydroxylation is 3. The maximum Gasteiger partial charge on any atom is 0.265 e. The average molecular weight is 332 g/mol. The molecule has 1 atom stereocenters. The van der Waals surface area contributed by atoms with Gasteiger partial charge in [0.2, 0.25) is 0 Å². The fourth-order valence-corrected chi connectivity index (χ4v) is 2.61. The van der Waals surface area contributed by atoms with E-state index in [1.54, 1.807) is 12.1 Å². The lowest BCUT2D eigenvalue weighted by Crippen LogP contribution is -2.32. The molecule has 0 saturated heterocycles. The zero-order valence-electron chi connectivity index (χ0n) is 13.9. The molecule has 2 aromatic carbocycles. The van der Waals surface area contributed by atoms with Crippen LogP contribution in [-0.2, 0) is 4.79 Å². The van der Waals surface area contributed by atoms with E-state index in [1.165, 1.54) is 5.56 Å². The highest BCUT2D eigenvalue weighted by atomic mass is 35.5. The van der Waals surface area contributed by atoms with Crippen molar-refractivity contribution in [2.75, 3.05) is 5.32 Å². The van der Waals surface area contributed by atoms with E-state index in [-0.39, 0.29) is 5.91 Å². The van der Waals surface area contributed by atoms with Crippen LogP contribution in [0.2, 0.25) is 5.02 Å². The zero-order chi connectivity index (χ0) is 17.0. The molecule has 1 amide bonds. The van der Waals surface area contributed by atoms with Crippen LogP contribution >= 0.6 is 11.6 Å². The van der Waals surface area contributed by atoms with Crippen LogP contribution < -0.4 is 10.1 Å². The Labute approximate surface area is 142 Å². The van der Waals surface area contributed by atoms with Gasteiger partial charge in [-0.2, -0.15) is 0 Å². The molecule has 2 aromatic rings. The zero-order valence-corrected chi connectivity index (χ0v) is 14.7. The minimum Gasteiger partial charge on any atom is -0.480 e. The normalized spacial score (nSPS) is 11.9. The number of carbonyl (C=O) groups is 1. The molecule has 3 nitrogen and oxygen atoms in total. The Bertz CT molecular complexity index is 713. The summed E-state index contributed by atoms with van der Waals surface area (Å²) in [5.41, 5.74) is 3.87. The largest absolute Gasteiger partial charge is 0.480 e. The molecule has 4 heteroatoms. The van der Waals surface area contributed by atoms with Crippen molar-refractivity contribution in [2.45, 2.75) is 40.2 Å².